The Morgan fingerprint density at radius 2 is 1.58 bits per heavy atom. The highest BCUT2D eigenvalue weighted by molar-refractivity contribution is 5.92. The number of rotatable bonds is 7. The number of nitrogens with one attached hydrogen (secondary N) is 1. The van der Waals surface area contributed by atoms with Gasteiger partial charge in [-0.15, -0.1) is 0 Å². The van der Waals surface area contributed by atoms with Crippen molar-refractivity contribution in [3.63, 3.8) is 0 Å². The van der Waals surface area contributed by atoms with Crippen molar-refractivity contribution in [1.82, 2.24) is 14.9 Å². The van der Waals surface area contributed by atoms with E-state index in [2.05, 4.69) is 95.2 Å². The first-order chi connectivity index (χ1) is 15.0. The molecule has 164 valence electrons. The first kappa shape index (κ1) is 21.6. The molecular formula is C26H35N5. The van der Waals surface area contributed by atoms with Crippen LogP contribution in [0.25, 0.3) is 22.0 Å². The predicted octanol–water partition coefficient (Wildman–Crippen LogP) is 5.29. The molecule has 1 N–H and O–H groups in total. The second-order valence-corrected chi connectivity index (χ2v) is 9.23. The summed E-state index contributed by atoms with van der Waals surface area (Å²) in [7, 11) is 0. The molecule has 1 saturated heterocycles. The van der Waals surface area contributed by atoms with Crippen molar-refractivity contribution in [3.8, 4) is 11.1 Å². The second kappa shape index (κ2) is 9.65. The van der Waals surface area contributed by atoms with Crippen LogP contribution in [0.15, 0.2) is 48.8 Å². The maximum absolute atomic E-state index is 4.50. The molecule has 2 aromatic carbocycles. The number of anilines is 2. The van der Waals surface area contributed by atoms with Gasteiger partial charge in [-0.05, 0) is 61.6 Å². The summed E-state index contributed by atoms with van der Waals surface area (Å²) < 4.78 is 0. The van der Waals surface area contributed by atoms with Gasteiger partial charge in [0, 0.05) is 49.8 Å². The van der Waals surface area contributed by atoms with Crippen LogP contribution < -0.4 is 10.2 Å². The summed E-state index contributed by atoms with van der Waals surface area (Å²) in [5, 5.41) is 4.58. The molecule has 0 saturated carbocycles. The summed E-state index contributed by atoms with van der Waals surface area (Å²) in [6, 6.07) is 16.1. The first-order valence-electron chi connectivity index (χ1n) is 11.6. The van der Waals surface area contributed by atoms with E-state index in [0.29, 0.717) is 12.0 Å². The number of nitrogens with zero attached hydrogens (tertiary/aromatic N) is 4. The van der Waals surface area contributed by atoms with Crippen LogP contribution in [-0.4, -0.2) is 53.6 Å². The van der Waals surface area contributed by atoms with E-state index < -0.39 is 0 Å². The van der Waals surface area contributed by atoms with Gasteiger partial charge in [0.25, 0.3) is 0 Å². The van der Waals surface area contributed by atoms with E-state index >= 15 is 0 Å². The molecule has 0 unspecified atom stereocenters. The monoisotopic (exact) mass is 417 g/mol. The molecule has 5 nitrogen and oxygen atoms in total. The van der Waals surface area contributed by atoms with Crippen molar-refractivity contribution in [2.75, 3.05) is 42.9 Å². The fraction of sp³-hybridized carbons (Fsp3) is 0.462. The van der Waals surface area contributed by atoms with Crippen LogP contribution in [0, 0.1) is 5.92 Å². The lowest BCUT2D eigenvalue weighted by atomic mass is 10.0. The standard InChI is InChI=1S/C26H35N5/c1-19(2)11-12-27-26-24-17-22(7-10-25(24)28-18-29-26)21-5-8-23(9-6-21)31-15-13-30(14-16-31)20(3)4/h5-10,17-20H,11-16H2,1-4H3,(H,27,28,29). The second-order valence-electron chi connectivity index (χ2n) is 9.23. The van der Waals surface area contributed by atoms with Crippen LogP contribution in [-0.2, 0) is 0 Å². The van der Waals surface area contributed by atoms with Crippen LogP contribution in [0.4, 0.5) is 11.5 Å². The molecule has 4 rings (SSSR count). The van der Waals surface area contributed by atoms with E-state index in [-0.39, 0.29) is 0 Å². The summed E-state index contributed by atoms with van der Waals surface area (Å²) >= 11 is 0. The van der Waals surface area contributed by atoms with E-state index in [0.717, 1.165) is 55.9 Å². The zero-order chi connectivity index (χ0) is 21.8. The van der Waals surface area contributed by atoms with E-state index in [9.17, 15) is 0 Å². The summed E-state index contributed by atoms with van der Waals surface area (Å²) in [5.74, 6) is 1.59. The Bertz CT molecular complexity index is 988. The molecule has 3 aromatic rings. The van der Waals surface area contributed by atoms with Gasteiger partial charge in [0.1, 0.15) is 12.1 Å². The minimum atomic E-state index is 0.631. The highest BCUT2D eigenvalue weighted by Gasteiger charge is 2.19. The average molecular weight is 418 g/mol. The van der Waals surface area contributed by atoms with Crippen molar-refractivity contribution in [2.24, 2.45) is 5.92 Å². The molecule has 0 spiro atoms. The largest absolute Gasteiger partial charge is 0.369 e. The summed E-state index contributed by atoms with van der Waals surface area (Å²) in [6.45, 7) is 14.4. The van der Waals surface area contributed by atoms with Gasteiger partial charge in [-0.25, -0.2) is 9.97 Å². The number of piperazine rings is 1. The van der Waals surface area contributed by atoms with Gasteiger partial charge in [-0.3, -0.25) is 4.90 Å². The summed E-state index contributed by atoms with van der Waals surface area (Å²) in [4.78, 5) is 14.0. The molecule has 2 heterocycles. The first-order valence-corrected chi connectivity index (χ1v) is 11.6. The lowest BCUT2D eigenvalue weighted by Gasteiger charge is -2.38. The Morgan fingerprint density at radius 3 is 2.26 bits per heavy atom. The Kier molecular flexibility index (Phi) is 6.71. The number of hydrogen-bond acceptors (Lipinski definition) is 5. The lowest BCUT2D eigenvalue weighted by Crippen LogP contribution is -2.48. The zero-order valence-corrected chi connectivity index (χ0v) is 19.3. The predicted molar refractivity (Wildman–Crippen MR) is 132 cm³/mol. The van der Waals surface area contributed by atoms with Crippen molar-refractivity contribution in [1.29, 1.82) is 0 Å². The van der Waals surface area contributed by atoms with Gasteiger partial charge in [0.2, 0.25) is 0 Å². The average Bonchev–Trinajstić information content (AvgIpc) is 2.79. The van der Waals surface area contributed by atoms with Crippen LogP contribution >= 0.6 is 0 Å². The minimum absolute atomic E-state index is 0.631. The smallest absolute Gasteiger partial charge is 0.137 e. The Labute approximate surface area is 186 Å². The molecule has 0 amide bonds. The number of aromatic nitrogens is 2. The third-order valence-corrected chi connectivity index (χ3v) is 6.26. The molecule has 0 aliphatic carbocycles. The minimum Gasteiger partial charge on any atom is -0.369 e. The zero-order valence-electron chi connectivity index (χ0n) is 19.3. The van der Waals surface area contributed by atoms with Gasteiger partial charge in [0.05, 0.1) is 5.52 Å². The summed E-state index contributed by atoms with van der Waals surface area (Å²) in [6.07, 6.45) is 2.77. The third kappa shape index (κ3) is 5.16. The third-order valence-electron chi connectivity index (χ3n) is 6.26. The van der Waals surface area contributed by atoms with Gasteiger partial charge in [0.15, 0.2) is 0 Å². The van der Waals surface area contributed by atoms with Gasteiger partial charge >= 0.3 is 0 Å². The molecule has 1 aliphatic rings. The molecular weight excluding hydrogens is 382 g/mol. The van der Waals surface area contributed by atoms with Crippen LogP contribution in [0.3, 0.4) is 0 Å². The normalized spacial score (nSPS) is 15.2. The van der Waals surface area contributed by atoms with Crippen LogP contribution in [0.5, 0.6) is 0 Å². The molecule has 1 fully saturated rings. The van der Waals surface area contributed by atoms with Crippen LogP contribution in [0.2, 0.25) is 0 Å². The van der Waals surface area contributed by atoms with Crippen molar-refractivity contribution in [3.05, 3.63) is 48.8 Å². The number of hydrogen-bond donors (Lipinski definition) is 1. The summed E-state index contributed by atoms with van der Waals surface area (Å²) in [5.41, 5.74) is 4.71. The van der Waals surface area contributed by atoms with Crippen molar-refractivity contribution < 1.29 is 0 Å². The SMILES string of the molecule is CC(C)CCNc1ncnc2ccc(-c3ccc(N4CCN(C(C)C)CC4)cc3)cc12. The Balaban J connectivity index is 1.51. The van der Waals surface area contributed by atoms with Crippen molar-refractivity contribution in [2.45, 2.75) is 40.2 Å². The topological polar surface area (TPSA) is 44.3 Å². The molecule has 1 aromatic heterocycles. The van der Waals surface area contributed by atoms with E-state index in [1.165, 1.54) is 16.8 Å². The molecule has 31 heavy (non-hydrogen) atoms. The highest BCUT2D eigenvalue weighted by atomic mass is 15.3. The van der Waals surface area contributed by atoms with Gasteiger partial charge < -0.3 is 10.2 Å². The fourth-order valence-electron chi connectivity index (χ4n) is 4.22. The molecule has 1 aliphatic heterocycles. The van der Waals surface area contributed by atoms with E-state index in [4.69, 9.17) is 0 Å². The van der Waals surface area contributed by atoms with Crippen molar-refractivity contribution >= 4 is 22.4 Å². The Morgan fingerprint density at radius 1 is 0.871 bits per heavy atom. The maximum Gasteiger partial charge on any atom is 0.137 e. The number of benzene rings is 2. The molecule has 5 heteroatoms. The van der Waals surface area contributed by atoms with E-state index in [1.807, 2.05) is 0 Å². The maximum atomic E-state index is 4.50. The fourth-order valence-corrected chi connectivity index (χ4v) is 4.22. The van der Waals surface area contributed by atoms with Gasteiger partial charge in [-0.1, -0.05) is 32.0 Å². The lowest BCUT2D eigenvalue weighted by molar-refractivity contribution is 0.209. The molecule has 0 radical (unpaired) electrons. The molecule has 0 atom stereocenters. The molecule has 0 bridgehead atoms. The van der Waals surface area contributed by atoms with Gasteiger partial charge in [-0.2, -0.15) is 0 Å². The van der Waals surface area contributed by atoms with E-state index in [1.54, 1.807) is 6.33 Å². The number of fused-ring (bicyclic) bond motifs is 1. The van der Waals surface area contributed by atoms with Crippen LogP contribution in [0.1, 0.15) is 34.1 Å². The Hall–Kier alpha value is -2.66. The highest BCUT2D eigenvalue weighted by Crippen LogP contribution is 2.29. The quantitative estimate of drug-likeness (QED) is 0.566.